The minimum atomic E-state index is -0.0999. The van der Waals surface area contributed by atoms with E-state index in [9.17, 15) is 4.79 Å². The average Bonchev–Trinajstić information content (AvgIpc) is 3.00. The monoisotopic (exact) mass is 324 g/mol. The van der Waals surface area contributed by atoms with Crippen molar-refractivity contribution in [3.8, 4) is 6.07 Å². The summed E-state index contributed by atoms with van der Waals surface area (Å²) in [5.74, 6) is 0.221. The number of nitrogens with one attached hydrogen (secondary N) is 1. The highest BCUT2D eigenvalue weighted by Crippen LogP contribution is 2.25. The molecule has 0 atom stereocenters. The third-order valence-electron chi connectivity index (χ3n) is 3.13. The van der Waals surface area contributed by atoms with Gasteiger partial charge in [0, 0.05) is 4.90 Å². The summed E-state index contributed by atoms with van der Waals surface area (Å²) in [6.45, 7) is 0. The normalized spacial score (nSPS) is 10.3. The van der Waals surface area contributed by atoms with Crippen molar-refractivity contribution in [3.63, 3.8) is 0 Å². The number of rotatable bonds is 4. The Morgan fingerprint density at radius 3 is 2.82 bits per heavy atom. The maximum atomic E-state index is 12.0. The van der Waals surface area contributed by atoms with Crippen molar-refractivity contribution in [1.82, 2.24) is 0 Å². The zero-order valence-corrected chi connectivity index (χ0v) is 13.2. The molecule has 0 bridgehead atoms. The van der Waals surface area contributed by atoms with Crippen LogP contribution in [0.25, 0.3) is 10.8 Å². The highest BCUT2D eigenvalue weighted by Gasteiger charge is 2.08. The number of anilines is 1. The van der Waals surface area contributed by atoms with E-state index in [1.165, 1.54) is 28.5 Å². The number of hydrogen-bond acceptors (Lipinski definition) is 4. The fourth-order valence-electron chi connectivity index (χ4n) is 2.06. The van der Waals surface area contributed by atoms with Crippen molar-refractivity contribution in [2.24, 2.45) is 0 Å². The molecule has 108 valence electrons. The molecule has 0 unspecified atom stereocenters. The van der Waals surface area contributed by atoms with Crippen LogP contribution in [0.3, 0.4) is 0 Å². The van der Waals surface area contributed by atoms with Crippen LogP contribution in [0.5, 0.6) is 0 Å². The largest absolute Gasteiger partial charge is 0.316 e. The number of hydrogen-bond donors (Lipinski definition) is 1. The Labute approximate surface area is 136 Å². The molecule has 3 aromatic rings. The van der Waals surface area contributed by atoms with Gasteiger partial charge in [0.1, 0.15) is 11.1 Å². The van der Waals surface area contributed by atoms with Crippen molar-refractivity contribution in [2.45, 2.75) is 4.90 Å². The number of amides is 1. The molecule has 0 aliphatic rings. The first-order valence-electron chi connectivity index (χ1n) is 6.65. The molecule has 0 radical (unpaired) electrons. The first kappa shape index (κ1) is 14.6. The lowest BCUT2D eigenvalue weighted by Crippen LogP contribution is -2.13. The fourth-order valence-corrected chi connectivity index (χ4v) is 3.56. The zero-order valence-electron chi connectivity index (χ0n) is 11.6. The van der Waals surface area contributed by atoms with Crippen LogP contribution in [-0.4, -0.2) is 11.7 Å². The van der Waals surface area contributed by atoms with E-state index >= 15 is 0 Å². The van der Waals surface area contributed by atoms with Gasteiger partial charge in [-0.15, -0.1) is 23.1 Å². The molecule has 0 saturated carbocycles. The third kappa shape index (κ3) is 3.30. The van der Waals surface area contributed by atoms with E-state index in [0.717, 1.165) is 10.3 Å². The molecule has 1 amide bonds. The Morgan fingerprint density at radius 2 is 2.00 bits per heavy atom. The standard InChI is InChI=1S/C17H12N2OS2/c18-10-14-7-8-21-17(14)19-16(20)11-22-15-6-5-12-3-1-2-4-13(12)9-15/h1-9H,11H2,(H,19,20). The van der Waals surface area contributed by atoms with Gasteiger partial charge in [0.05, 0.1) is 11.3 Å². The average molecular weight is 324 g/mol. The van der Waals surface area contributed by atoms with E-state index in [2.05, 4.69) is 35.7 Å². The lowest BCUT2D eigenvalue weighted by molar-refractivity contribution is -0.113. The zero-order chi connectivity index (χ0) is 15.4. The van der Waals surface area contributed by atoms with Crippen molar-refractivity contribution in [2.75, 3.05) is 11.1 Å². The van der Waals surface area contributed by atoms with Gasteiger partial charge in [-0.25, -0.2) is 0 Å². The predicted octanol–water partition coefficient (Wildman–Crippen LogP) is 4.50. The van der Waals surface area contributed by atoms with Crippen LogP contribution in [0.2, 0.25) is 0 Å². The molecule has 2 aromatic carbocycles. The molecule has 1 aromatic heterocycles. The third-order valence-corrected chi connectivity index (χ3v) is 4.95. The van der Waals surface area contributed by atoms with Crippen LogP contribution in [-0.2, 0) is 4.79 Å². The predicted molar refractivity (Wildman–Crippen MR) is 92.3 cm³/mol. The number of benzene rings is 2. The first-order chi connectivity index (χ1) is 10.8. The Morgan fingerprint density at radius 1 is 1.18 bits per heavy atom. The second kappa shape index (κ2) is 6.65. The van der Waals surface area contributed by atoms with Crippen LogP contribution in [0.4, 0.5) is 5.00 Å². The molecule has 22 heavy (non-hydrogen) atoms. The summed E-state index contributed by atoms with van der Waals surface area (Å²) < 4.78 is 0. The number of fused-ring (bicyclic) bond motifs is 1. The number of carbonyl (C=O) groups excluding carboxylic acids is 1. The number of nitriles is 1. The molecule has 0 spiro atoms. The van der Waals surface area contributed by atoms with Crippen molar-refractivity contribution in [1.29, 1.82) is 5.26 Å². The number of carbonyl (C=O) groups is 1. The van der Waals surface area contributed by atoms with Gasteiger partial charge < -0.3 is 5.32 Å². The lowest BCUT2D eigenvalue weighted by Gasteiger charge is -2.05. The van der Waals surface area contributed by atoms with E-state index in [1.807, 2.05) is 18.2 Å². The lowest BCUT2D eigenvalue weighted by atomic mass is 10.1. The molecule has 5 heteroatoms. The summed E-state index contributed by atoms with van der Waals surface area (Å²) in [6, 6.07) is 18.1. The van der Waals surface area contributed by atoms with Gasteiger partial charge in [0.2, 0.25) is 5.91 Å². The summed E-state index contributed by atoms with van der Waals surface area (Å²) in [5.41, 5.74) is 0.508. The summed E-state index contributed by atoms with van der Waals surface area (Å²) in [6.07, 6.45) is 0. The molecule has 1 N–H and O–H groups in total. The summed E-state index contributed by atoms with van der Waals surface area (Å²) in [4.78, 5) is 13.0. The topological polar surface area (TPSA) is 52.9 Å². The number of thiophene rings is 1. The maximum Gasteiger partial charge on any atom is 0.235 e. The molecule has 0 saturated heterocycles. The van der Waals surface area contributed by atoms with Crippen LogP contribution < -0.4 is 5.32 Å². The fraction of sp³-hybridized carbons (Fsp3) is 0.0588. The number of nitrogens with zero attached hydrogens (tertiary/aromatic N) is 1. The van der Waals surface area contributed by atoms with Gasteiger partial charge in [0.15, 0.2) is 0 Å². The van der Waals surface area contributed by atoms with E-state index < -0.39 is 0 Å². The van der Waals surface area contributed by atoms with E-state index in [1.54, 1.807) is 11.4 Å². The summed E-state index contributed by atoms with van der Waals surface area (Å²) in [5, 5.41) is 16.5. The van der Waals surface area contributed by atoms with Gasteiger partial charge in [-0.2, -0.15) is 5.26 Å². The minimum absolute atomic E-state index is 0.0999. The Bertz CT molecular complexity index is 864. The quantitative estimate of drug-likeness (QED) is 0.719. The van der Waals surface area contributed by atoms with Gasteiger partial charge in [-0.3, -0.25) is 4.79 Å². The van der Waals surface area contributed by atoms with Crippen LogP contribution in [0, 0.1) is 11.3 Å². The second-order valence-corrected chi connectivity index (χ2v) is 6.59. The Hall–Kier alpha value is -2.29. The second-order valence-electron chi connectivity index (χ2n) is 4.62. The molecular formula is C17H12N2OS2. The molecule has 0 aliphatic heterocycles. The van der Waals surface area contributed by atoms with Gasteiger partial charge in [0.25, 0.3) is 0 Å². The van der Waals surface area contributed by atoms with Crippen molar-refractivity contribution >= 4 is 44.8 Å². The molecule has 3 rings (SSSR count). The molecule has 1 heterocycles. The van der Waals surface area contributed by atoms with E-state index in [0.29, 0.717) is 16.3 Å². The van der Waals surface area contributed by atoms with Crippen molar-refractivity contribution in [3.05, 3.63) is 59.5 Å². The Balaban J connectivity index is 1.64. The first-order valence-corrected chi connectivity index (χ1v) is 8.52. The number of thioether (sulfide) groups is 1. The molecule has 3 nitrogen and oxygen atoms in total. The van der Waals surface area contributed by atoms with Gasteiger partial charge in [-0.05, 0) is 34.4 Å². The summed E-state index contributed by atoms with van der Waals surface area (Å²) >= 11 is 2.85. The minimum Gasteiger partial charge on any atom is -0.316 e. The molecular weight excluding hydrogens is 312 g/mol. The van der Waals surface area contributed by atoms with Gasteiger partial charge >= 0.3 is 0 Å². The van der Waals surface area contributed by atoms with Crippen LogP contribution in [0.1, 0.15) is 5.56 Å². The highest BCUT2D eigenvalue weighted by molar-refractivity contribution is 8.00. The van der Waals surface area contributed by atoms with Crippen LogP contribution >= 0.6 is 23.1 Å². The maximum absolute atomic E-state index is 12.0. The van der Waals surface area contributed by atoms with E-state index in [4.69, 9.17) is 5.26 Å². The van der Waals surface area contributed by atoms with Crippen LogP contribution in [0.15, 0.2) is 58.8 Å². The van der Waals surface area contributed by atoms with Crippen molar-refractivity contribution < 1.29 is 4.79 Å². The summed E-state index contributed by atoms with van der Waals surface area (Å²) in [7, 11) is 0. The van der Waals surface area contributed by atoms with Gasteiger partial charge in [-0.1, -0.05) is 30.3 Å². The molecule has 0 aliphatic carbocycles. The Kier molecular flexibility index (Phi) is 4.42. The highest BCUT2D eigenvalue weighted by atomic mass is 32.2. The molecule has 0 fully saturated rings. The smallest absolute Gasteiger partial charge is 0.235 e. The SMILES string of the molecule is N#Cc1ccsc1NC(=O)CSc1ccc2ccccc2c1. The van der Waals surface area contributed by atoms with E-state index in [-0.39, 0.29) is 5.91 Å².